The van der Waals surface area contributed by atoms with Gasteiger partial charge in [0.2, 0.25) is 0 Å². The molecular formula is C12H14O2. The first-order valence-corrected chi connectivity index (χ1v) is 4.63. The van der Waals surface area contributed by atoms with Gasteiger partial charge in [-0.15, -0.1) is 0 Å². The van der Waals surface area contributed by atoms with Crippen molar-refractivity contribution in [2.45, 2.75) is 19.8 Å². The summed E-state index contributed by atoms with van der Waals surface area (Å²) in [4.78, 5) is 10.2. The van der Waals surface area contributed by atoms with Gasteiger partial charge in [-0.2, -0.15) is 0 Å². The van der Waals surface area contributed by atoms with Crippen LogP contribution in [0.4, 0.5) is 0 Å². The summed E-state index contributed by atoms with van der Waals surface area (Å²) in [7, 11) is 0. The lowest BCUT2D eigenvalue weighted by Gasteiger charge is -1.94. The van der Waals surface area contributed by atoms with Crippen LogP contribution < -0.4 is 0 Å². The molecule has 0 aliphatic carbocycles. The molecule has 1 aromatic rings. The Morgan fingerprint density at radius 1 is 1.36 bits per heavy atom. The molecule has 0 spiro atoms. The maximum absolute atomic E-state index is 10.2. The molecule has 0 amide bonds. The van der Waals surface area contributed by atoms with Gasteiger partial charge in [0.25, 0.3) is 0 Å². The van der Waals surface area contributed by atoms with E-state index in [1.807, 2.05) is 43.3 Å². The van der Waals surface area contributed by atoms with Crippen LogP contribution in [0.3, 0.4) is 0 Å². The summed E-state index contributed by atoms with van der Waals surface area (Å²) in [5.41, 5.74) is 2.34. The second-order valence-electron chi connectivity index (χ2n) is 3.25. The summed E-state index contributed by atoms with van der Waals surface area (Å²) in [6.07, 6.45) is 4.62. The first kappa shape index (κ1) is 10.5. The highest BCUT2D eigenvalue weighted by Crippen LogP contribution is 2.05. The molecular weight excluding hydrogens is 176 g/mol. The lowest BCUT2D eigenvalue weighted by Crippen LogP contribution is -1.91. The number of hydrogen-bond donors (Lipinski definition) is 1. The normalized spacial score (nSPS) is 10.6. The number of aliphatic carboxylic acids is 1. The Kier molecular flexibility index (Phi) is 3.92. The molecule has 14 heavy (non-hydrogen) atoms. The van der Waals surface area contributed by atoms with Crippen molar-refractivity contribution >= 4 is 12.0 Å². The maximum Gasteiger partial charge on any atom is 0.303 e. The zero-order valence-electron chi connectivity index (χ0n) is 8.23. The smallest absolute Gasteiger partial charge is 0.303 e. The minimum Gasteiger partial charge on any atom is -0.481 e. The molecule has 0 fully saturated rings. The molecule has 0 aromatic heterocycles. The van der Waals surface area contributed by atoms with E-state index >= 15 is 0 Å². The van der Waals surface area contributed by atoms with Crippen LogP contribution >= 0.6 is 0 Å². The predicted molar refractivity (Wildman–Crippen MR) is 57.1 cm³/mol. The minimum atomic E-state index is -0.751. The number of aryl methyl sites for hydroxylation is 1. The number of carboxylic acids is 1. The molecule has 0 heterocycles. The molecule has 0 bridgehead atoms. The van der Waals surface area contributed by atoms with Crippen molar-refractivity contribution in [1.29, 1.82) is 0 Å². The van der Waals surface area contributed by atoms with Crippen LogP contribution in [0, 0.1) is 6.92 Å². The van der Waals surface area contributed by atoms with E-state index < -0.39 is 5.97 Å². The zero-order valence-corrected chi connectivity index (χ0v) is 8.23. The van der Waals surface area contributed by atoms with Gasteiger partial charge in [-0.1, -0.05) is 42.0 Å². The highest BCUT2D eigenvalue weighted by atomic mass is 16.4. The van der Waals surface area contributed by atoms with Crippen molar-refractivity contribution in [2.24, 2.45) is 0 Å². The van der Waals surface area contributed by atoms with Crippen molar-refractivity contribution in [2.75, 3.05) is 0 Å². The molecule has 0 saturated carbocycles. The predicted octanol–water partition coefficient (Wildman–Crippen LogP) is 2.87. The van der Waals surface area contributed by atoms with E-state index in [1.165, 1.54) is 5.56 Å². The Hall–Kier alpha value is -1.57. The second-order valence-corrected chi connectivity index (χ2v) is 3.25. The minimum absolute atomic E-state index is 0.197. The van der Waals surface area contributed by atoms with Gasteiger partial charge in [-0.25, -0.2) is 0 Å². The highest BCUT2D eigenvalue weighted by molar-refractivity contribution is 5.67. The van der Waals surface area contributed by atoms with E-state index in [0.29, 0.717) is 6.42 Å². The molecule has 74 valence electrons. The highest BCUT2D eigenvalue weighted by Gasteiger charge is 1.92. The summed E-state index contributed by atoms with van der Waals surface area (Å²) in [5.74, 6) is -0.751. The maximum atomic E-state index is 10.2. The Labute approximate surface area is 83.9 Å². The molecule has 0 atom stereocenters. The SMILES string of the molecule is Cc1ccc(C=CCCC(=O)O)cc1. The van der Waals surface area contributed by atoms with Crippen LogP contribution in [0.15, 0.2) is 30.3 Å². The van der Waals surface area contributed by atoms with Gasteiger partial charge >= 0.3 is 5.97 Å². The number of benzene rings is 1. The fourth-order valence-electron chi connectivity index (χ4n) is 1.10. The van der Waals surface area contributed by atoms with Crippen LogP contribution in [0.2, 0.25) is 0 Å². The Morgan fingerprint density at radius 3 is 2.57 bits per heavy atom. The van der Waals surface area contributed by atoms with Gasteiger partial charge in [0, 0.05) is 6.42 Å². The Morgan fingerprint density at radius 2 is 2.00 bits per heavy atom. The summed E-state index contributed by atoms with van der Waals surface area (Å²) in [5, 5.41) is 8.41. The van der Waals surface area contributed by atoms with Gasteiger partial charge in [-0.05, 0) is 18.9 Å². The summed E-state index contributed by atoms with van der Waals surface area (Å²) in [6, 6.07) is 8.12. The molecule has 2 heteroatoms. The number of carboxylic acid groups (broad SMARTS) is 1. The zero-order chi connectivity index (χ0) is 10.4. The summed E-state index contributed by atoms with van der Waals surface area (Å²) in [6.45, 7) is 2.04. The van der Waals surface area contributed by atoms with Crippen LogP contribution in [-0.4, -0.2) is 11.1 Å². The van der Waals surface area contributed by atoms with Crippen molar-refractivity contribution in [3.8, 4) is 0 Å². The third-order valence-electron chi connectivity index (χ3n) is 1.91. The topological polar surface area (TPSA) is 37.3 Å². The fourth-order valence-corrected chi connectivity index (χ4v) is 1.10. The first-order valence-electron chi connectivity index (χ1n) is 4.63. The molecule has 0 saturated heterocycles. The van der Waals surface area contributed by atoms with Crippen LogP contribution in [0.5, 0.6) is 0 Å². The molecule has 0 aliphatic heterocycles. The lowest BCUT2D eigenvalue weighted by atomic mass is 10.1. The van der Waals surface area contributed by atoms with Crippen LogP contribution in [-0.2, 0) is 4.79 Å². The van der Waals surface area contributed by atoms with Crippen molar-refractivity contribution in [3.63, 3.8) is 0 Å². The number of rotatable bonds is 4. The van der Waals surface area contributed by atoms with E-state index in [4.69, 9.17) is 5.11 Å². The molecule has 2 nitrogen and oxygen atoms in total. The Balaban J connectivity index is 2.44. The van der Waals surface area contributed by atoms with Gasteiger partial charge in [0.1, 0.15) is 0 Å². The van der Waals surface area contributed by atoms with E-state index in [1.54, 1.807) is 0 Å². The fraction of sp³-hybridized carbons (Fsp3) is 0.250. The molecule has 0 unspecified atom stereocenters. The molecule has 1 aromatic carbocycles. The number of allylic oxidation sites excluding steroid dienone is 1. The quantitative estimate of drug-likeness (QED) is 0.792. The first-order chi connectivity index (χ1) is 6.68. The molecule has 1 N–H and O–H groups in total. The van der Waals surface area contributed by atoms with Gasteiger partial charge in [0.05, 0.1) is 0 Å². The molecule has 1 rings (SSSR count). The molecule has 0 aliphatic rings. The lowest BCUT2D eigenvalue weighted by molar-refractivity contribution is -0.136. The Bertz CT molecular complexity index is 323. The van der Waals surface area contributed by atoms with E-state index in [2.05, 4.69) is 0 Å². The number of carbonyl (C=O) groups is 1. The second kappa shape index (κ2) is 5.22. The van der Waals surface area contributed by atoms with Crippen molar-refractivity contribution in [1.82, 2.24) is 0 Å². The molecule has 0 radical (unpaired) electrons. The van der Waals surface area contributed by atoms with E-state index in [-0.39, 0.29) is 6.42 Å². The monoisotopic (exact) mass is 190 g/mol. The third-order valence-corrected chi connectivity index (χ3v) is 1.91. The van der Waals surface area contributed by atoms with Gasteiger partial charge < -0.3 is 5.11 Å². The van der Waals surface area contributed by atoms with Gasteiger partial charge in [-0.3, -0.25) is 4.79 Å². The largest absolute Gasteiger partial charge is 0.481 e. The summed E-state index contributed by atoms with van der Waals surface area (Å²) >= 11 is 0. The summed E-state index contributed by atoms with van der Waals surface area (Å²) < 4.78 is 0. The van der Waals surface area contributed by atoms with Crippen LogP contribution in [0.1, 0.15) is 24.0 Å². The van der Waals surface area contributed by atoms with Crippen LogP contribution in [0.25, 0.3) is 6.08 Å². The standard InChI is InChI=1S/C12H14O2/c1-10-6-8-11(9-7-10)4-2-3-5-12(13)14/h2,4,6-9H,3,5H2,1H3,(H,13,14). The van der Waals surface area contributed by atoms with E-state index in [0.717, 1.165) is 5.56 Å². The van der Waals surface area contributed by atoms with E-state index in [9.17, 15) is 4.79 Å². The van der Waals surface area contributed by atoms with Gasteiger partial charge in [0.15, 0.2) is 0 Å². The van der Waals surface area contributed by atoms with Crippen molar-refractivity contribution < 1.29 is 9.90 Å². The third kappa shape index (κ3) is 3.90. The average Bonchev–Trinajstić information content (AvgIpc) is 2.15. The average molecular weight is 190 g/mol. The van der Waals surface area contributed by atoms with Crippen molar-refractivity contribution in [3.05, 3.63) is 41.5 Å². The number of hydrogen-bond acceptors (Lipinski definition) is 1.